The van der Waals surface area contributed by atoms with Crippen LogP contribution >= 0.6 is 0 Å². The van der Waals surface area contributed by atoms with Gasteiger partial charge in [-0.3, -0.25) is 4.79 Å². The van der Waals surface area contributed by atoms with E-state index in [0.717, 1.165) is 12.0 Å². The van der Waals surface area contributed by atoms with Crippen molar-refractivity contribution in [3.8, 4) is 0 Å². The molecular weight excluding hydrogens is 260 g/mol. The van der Waals surface area contributed by atoms with Gasteiger partial charge < -0.3 is 4.74 Å². The van der Waals surface area contributed by atoms with Crippen LogP contribution in [0.1, 0.15) is 31.9 Å². The second kappa shape index (κ2) is 6.30. The van der Waals surface area contributed by atoms with Crippen LogP contribution in [-0.2, 0) is 22.6 Å². The SMILES string of the molecule is C=CCc1ccc(COC(=O)[C@@H]2[C@@H](C=CC)C2(C)C)cc1. The van der Waals surface area contributed by atoms with Crippen LogP contribution < -0.4 is 0 Å². The summed E-state index contributed by atoms with van der Waals surface area (Å²) in [7, 11) is 0. The standard InChI is InChI=1S/C19H24O2/c1-5-7-14-9-11-15(12-10-14)13-21-18(20)17-16(8-6-2)19(17,3)4/h5-6,8-12,16-17H,1,7,13H2,2-4H3/t16-,17+/m1/s1. The first-order valence-corrected chi connectivity index (χ1v) is 7.49. The summed E-state index contributed by atoms with van der Waals surface area (Å²) in [6, 6.07) is 8.12. The quantitative estimate of drug-likeness (QED) is 0.575. The van der Waals surface area contributed by atoms with Crippen molar-refractivity contribution in [2.45, 2.75) is 33.8 Å². The van der Waals surface area contributed by atoms with Crippen LogP contribution in [0.25, 0.3) is 0 Å². The van der Waals surface area contributed by atoms with Gasteiger partial charge in [-0.1, -0.05) is 56.3 Å². The van der Waals surface area contributed by atoms with E-state index in [0.29, 0.717) is 12.5 Å². The molecule has 2 rings (SSSR count). The molecule has 0 heterocycles. The molecule has 0 saturated heterocycles. The Morgan fingerprint density at radius 1 is 1.29 bits per heavy atom. The third-order valence-corrected chi connectivity index (χ3v) is 4.35. The summed E-state index contributed by atoms with van der Waals surface area (Å²) in [5, 5.41) is 0. The molecule has 0 radical (unpaired) electrons. The first-order chi connectivity index (χ1) is 10.0. The largest absolute Gasteiger partial charge is 0.461 e. The molecule has 1 aliphatic carbocycles. The van der Waals surface area contributed by atoms with E-state index in [1.165, 1.54) is 5.56 Å². The van der Waals surface area contributed by atoms with Crippen LogP contribution in [0.15, 0.2) is 49.1 Å². The zero-order chi connectivity index (χ0) is 15.5. The highest BCUT2D eigenvalue weighted by Crippen LogP contribution is 2.59. The summed E-state index contributed by atoms with van der Waals surface area (Å²) in [5.41, 5.74) is 2.27. The summed E-state index contributed by atoms with van der Waals surface area (Å²) in [6.45, 7) is 10.3. The summed E-state index contributed by atoms with van der Waals surface area (Å²) >= 11 is 0. The monoisotopic (exact) mass is 284 g/mol. The molecule has 2 nitrogen and oxygen atoms in total. The van der Waals surface area contributed by atoms with E-state index in [-0.39, 0.29) is 17.3 Å². The van der Waals surface area contributed by atoms with Gasteiger partial charge in [0.25, 0.3) is 0 Å². The molecule has 1 aliphatic rings. The van der Waals surface area contributed by atoms with E-state index >= 15 is 0 Å². The zero-order valence-electron chi connectivity index (χ0n) is 13.1. The minimum absolute atomic E-state index is 0.00580. The van der Waals surface area contributed by atoms with Crippen molar-refractivity contribution in [1.82, 2.24) is 0 Å². The van der Waals surface area contributed by atoms with Gasteiger partial charge in [0.05, 0.1) is 5.92 Å². The molecule has 0 unspecified atom stereocenters. The van der Waals surface area contributed by atoms with Crippen molar-refractivity contribution in [3.05, 3.63) is 60.2 Å². The maximum absolute atomic E-state index is 12.2. The van der Waals surface area contributed by atoms with Crippen molar-refractivity contribution < 1.29 is 9.53 Å². The summed E-state index contributed by atoms with van der Waals surface area (Å²) in [6.07, 6.45) is 6.86. The number of rotatable bonds is 6. The van der Waals surface area contributed by atoms with Gasteiger partial charge in [0.1, 0.15) is 6.61 Å². The lowest BCUT2D eigenvalue weighted by molar-refractivity contribution is -0.147. The van der Waals surface area contributed by atoms with Gasteiger partial charge in [0, 0.05) is 0 Å². The van der Waals surface area contributed by atoms with Crippen LogP contribution in [0, 0.1) is 17.3 Å². The zero-order valence-corrected chi connectivity index (χ0v) is 13.1. The van der Waals surface area contributed by atoms with Crippen molar-refractivity contribution in [2.24, 2.45) is 17.3 Å². The third-order valence-electron chi connectivity index (χ3n) is 4.35. The highest BCUT2D eigenvalue weighted by Gasteiger charge is 2.61. The van der Waals surface area contributed by atoms with Crippen LogP contribution in [0.5, 0.6) is 0 Å². The number of hydrogen-bond donors (Lipinski definition) is 0. The van der Waals surface area contributed by atoms with Crippen molar-refractivity contribution >= 4 is 5.97 Å². The van der Waals surface area contributed by atoms with E-state index < -0.39 is 0 Å². The van der Waals surface area contributed by atoms with Crippen LogP contribution in [0.3, 0.4) is 0 Å². The molecule has 2 heteroatoms. The maximum atomic E-state index is 12.2. The second-order valence-corrected chi connectivity index (χ2v) is 6.27. The number of carbonyl (C=O) groups excluding carboxylic acids is 1. The molecule has 0 aromatic heterocycles. The van der Waals surface area contributed by atoms with Gasteiger partial charge >= 0.3 is 5.97 Å². The van der Waals surface area contributed by atoms with E-state index in [4.69, 9.17) is 4.74 Å². The molecule has 0 amide bonds. The van der Waals surface area contributed by atoms with Gasteiger partial charge in [0.2, 0.25) is 0 Å². The average molecular weight is 284 g/mol. The molecule has 2 atom stereocenters. The number of ether oxygens (including phenoxy) is 1. The van der Waals surface area contributed by atoms with E-state index in [2.05, 4.69) is 38.6 Å². The number of allylic oxidation sites excluding steroid dienone is 3. The minimum Gasteiger partial charge on any atom is -0.461 e. The molecule has 1 aromatic rings. The fourth-order valence-corrected chi connectivity index (χ4v) is 2.88. The molecule has 0 spiro atoms. The second-order valence-electron chi connectivity index (χ2n) is 6.27. The lowest BCUT2D eigenvalue weighted by Gasteiger charge is -2.06. The van der Waals surface area contributed by atoms with Crippen LogP contribution in [0.2, 0.25) is 0 Å². The van der Waals surface area contributed by atoms with Crippen molar-refractivity contribution in [1.29, 1.82) is 0 Å². The first kappa shape index (κ1) is 15.6. The molecule has 0 bridgehead atoms. The normalized spacial score (nSPS) is 23.0. The minimum atomic E-state index is -0.0849. The highest BCUT2D eigenvalue weighted by molar-refractivity contribution is 5.78. The lowest BCUT2D eigenvalue weighted by atomic mass is 10.1. The number of benzene rings is 1. The Hall–Kier alpha value is -1.83. The molecule has 1 fully saturated rings. The molecule has 1 saturated carbocycles. The maximum Gasteiger partial charge on any atom is 0.310 e. The Morgan fingerprint density at radius 3 is 2.48 bits per heavy atom. The van der Waals surface area contributed by atoms with E-state index in [1.54, 1.807) is 0 Å². The Bertz CT molecular complexity index is 537. The molecular formula is C19H24O2. The Balaban J connectivity index is 1.88. The fourth-order valence-electron chi connectivity index (χ4n) is 2.88. The summed E-state index contributed by atoms with van der Waals surface area (Å²) < 4.78 is 5.47. The highest BCUT2D eigenvalue weighted by atomic mass is 16.5. The molecule has 0 N–H and O–H groups in total. The molecule has 0 aliphatic heterocycles. The van der Waals surface area contributed by atoms with Gasteiger partial charge in [-0.05, 0) is 35.8 Å². The van der Waals surface area contributed by atoms with Gasteiger partial charge in [-0.15, -0.1) is 6.58 Å². The van der Waals surface area contributed by atoms with Crippen LogP contribution in [0.4, 0.5) is 0 Å². The Morgan fingerprint density at radius 2 is 1.90 bits per heavy atom. The van der Waals surface area contributed by atoms with Crippen LogP contribution in [-0.4, -0.2) is 5.97 Å². The molecule has 1 aromatic carbocycles. The average Bonchev–Trinajstić information content (AvgIpc) is 3.00. The van der Waals surface area contributed by atoms with Gasteiger partial charge in [-0.2, -0.15) is 0 Å². The van der Waals surface area contributed by atoms with Crippen molar-refractivity contribution in [3.63, 3.8) is 0 Å². The third kappa shape index (κ3) is 3.44. The predicted molar refractivity (Wildman–Crippen MR) is 85.7 cm³/mol. The topological polar surface area (TPSA) is 26.3 Å². The lowest BCUT2D eigenvalue weighted by Crippen LogP contribution is -2.10. The smallest absolute Gasteiger partial charge is 0.310 e. The first-order valence-electron chi connectivity index (χ1n) is 7.49. The van der Waals surface area contributed by atoms with Gasteiger partial charge in [0.15, 0.2) is 0 Å². The van der Waals surface area contributed by atoms with E-state index in [9.17, 15) is 4.79 Å². The molecule has 21 heavy (non-hydrogen) atoms. The number of carbonyl (C=O) groups is 1. The summed E-state index contributed by atoms with van der Waals surface area (Å²) in [5.74, 6) is 0.219. The molecule has 112 valence electrons. The Labute approximate surface area is 127 Å². The number of esters is 1. The summed E-state index contributed by atoms with van der Waals surface area (Å²) in [4.78, 5) is 12.2. The predicted octanol–water partition coefficient (Wildman–Crippen LogP) is 4.31. The van der Waals surface area contributed by atoms with E-state index in [1.807, 2.05) is 31.2 Å². The Kier molecular flexibility index (Phi) is 4.66. The van der Waals surface area contributed by atoms with Crippen molar-refractivity contribution in [2.75, 3.05) is 0 Å². The van der Waals surface area contributed by atoms with Gasteiger partial charge in [-0.25, -0.2) is 0 Å². The fraction of sp³-hybridized carbons (Fsp3) is 0.421. The number of hydrogen-bond acceptors (Lipinski definition) is 2.